The van der Waals surface area contributed by atoms with Crippen LogP contribution in [0, 0.1) is 13.8 Å². The maximum Gasteiger partial charge on any atom is 0.341 e. The summed E-state index contributed by atoms with van der Waals surface area (Å²) in [5, 5.41) is 7.11. The monoisotopic (exact) mass is 517 g/mol. The molecule has 0 saturated carbocycles. The molecule has 2 aromatic carbocycles. The van der Waals surface area contributed by atoms with Crippen molar-refractivity contribution in [2.45, 2.75) is 47.6 Å². The summed E-state index contributed by atoms with van der Waals surface area (Å²) in [7, 11) is 0. The smallest absolute Gasteiger partial charge is 0.341 e. The predicted octanol–water partition coefficient (Wildman–Crippen LogP) is 6.58. The van der Waals surface area contributed by atoms with Gasteiger partial charge in [-0.15, -0.1) is 11.3 Å². The number of amides is 2. The zero-order chi connectivity index (χ0) is 26.7. The van der Waals surface area contributed by atoms with E-state index >= 15 is 0 Å². The molecule has 0 radical (unpaired) electrons. The van der Waals surface area contributed by atoms with Crippen LogP contribution in [0.15, 0.2) is 48.5 Å². The summed E-state index contributed by atoms with van der Waals surface area (Å²) in [6.07, 6.45) is 0.902. The van der Waals surface area contributed by atoms with Crippen LogP contribution in [-0.4, -0.2) is 29.0 Å². The van der Waals surface area contributed by atoms with Crippen molar-refractivity contribution in [2.24, 2.45) is 0 Å². The number of nitrogens with zero attached hydrogens (tertiary/aromatic N) is 1. The minimum atomic E-state index is -0.578. The second-order valence-corrected chi connectivity index (χ2v) is 9.70. The van der Waals surface area contributed by atoms with Gasteiger partial charge in [-0.05, 0) is 75.1 Å². The van der Waals surface area contributed by atoms with E-state index in [4.69, 9.17) is 4.74 Å². The summed E-state index contributed by atoms with van der Waals surface area (Å²) in [5.74, 6) is -1.27. The number of carbonyl (C=O) groups is 3. The molecule has 0 atom stereocenters. The molecule has 4 rings (SSSR count). The standard InChI is InChI=1S/C29H31N3O4S/c1-6-19-14-15-22-21(16-19)17(4)24(32(22)7-2)26(33)31-28-23(29(35)36-8-3)18(5)25(37-28)27(34)30-20-12-10-9-11-13-20/h9-16H,6-8H2,1-5H3,(H,30,34)(H,31,33). The van der Waals surface area contributed by atoms with Crippen LogP contribution in [-0.2, 0) is 17.7 Å². The van der Waals surface area contributed by atoms with Crippen LogP contribution in [0.1, 0.15) is 68.0 Å². The lowest BCUT2D eigenvalue weighted by atomic mass is 10.1. The summed E-state index contributed by atoms with van der Waals surface area (Å²) >= 11 is 1.07. The van der Waals surface area contributed by atoms with E-state index in [1.165, 1.54) is 5.56 Å². The average Bonchev–Trinajstić information content (AvgIpc) is 3.37. The summed E-state index contributed by atoms with van der Waals surface area (Å²) in [5.41, 5.74) is 4.88. The number of ether oxygens (including phenoxy) is 1. The minimum Gasteiger partial charge on any atom is -0.462 e. The van der Waals surface area contributed by atoms with Gasteiger partial charge in [0.15, 0.2) is 0 Å². The maximum atomic E-state index is 13.7. The molecule has 0 spiro atoms. The first-order chi connectivity index (χ1) is 17.8. The van der Waals surface area contributed by atoms with Crippen molar-refractivity contribution in [1.82, 2.24) is 4.57 Å². The first-order valence-corrected chi connectivity index (χ1v) is 13.2. The van der Waals surface area contributed by atoms with E-state index in [1.54, 1.807) is 26.0 Å². The van der Waals surface area contributed by atoms with Gasteiger partial charge in [0, 0.05) is 23.1 Å². The maximum absolute atomic E-state index is 13.7. The van der Waals surface area contributed by atoms with Gasteiger partial charge in [-0.1, -0.05) is 31.2 Å². The molecule has 0 aliphatic carbocycles. The van der Waals surface area contributed by atoms with Crippen molar-refractivity contribution >= 4 is 50.7 Å². The lowest BCUT2D eigenvalue weighted by Crippen LogP contribution is -2.19. The van der Waals surface area contributed by atoms with Gasteiger partial charge in [0.05, 0.1) is 17.0 Å². The highest BCUT2D eigenvalue weighted by molar-refractivity contribution is 7.19. The lowest BCUT2D eigenvalue weighted by molar-refractivity contribution is 0.0527. The molecule has 0 bridgehead atoms. The SMILES string of the molecule is CCOC(=O)c1c(NC(=O)c2c(C)c3cc(CC)ccc3n2CC)sc(C(=O)Nc2ccccc2)c1C. The molecule has 8 heteroatoms. The molecule has 192 valence electrons. The number of anilines is 2. The van der Waals surface area contributed by atoms with Crippen LogP contribution in [0.2, 0.25) is 0 Å². The van der Waals surface area contributed by atoms with Crippen LogP contribution >= 0.6 is 11.3 Å². The van der Waals surface area contributed by atoms with E-state index < -0.39 is 5.97 Å². The molecule has 4 aromatic rings. The predicted molar refractivity (Wildman–Crippen MR) is 149 cm³/mol. The number of benzene rings is 2. The topological polar surface area (TPSA) is 89.4 Å². The second-order valence-electron chi connectivity index (χ2n) is 8.68. The molecule has 0 aliphatic heterocycles. The van der Waals surface area contributed by atoms with Crippen LogP contribution in [0.25, 0.3) is 10.9 Å². The van der Waals surface area contributed by atoms with E-state index in [0.29, 0.717) is 33.4 Å². The van der Waals surface area contributed by atoms with Crippen molar-refractivity contribution in [2.75, 3.05) is 17.2 Å². The Morgan fingerprint density at radius 1 is 0.919 bits per heavy atom. The van der Waals surface area contributed by atoms with E-state index in [-0.39, 0.29) is 24.0 Å². The number of aromatic nitrogens is 1. The molecule has 0 saturated heterocycles. The zero-order valence-electron chi connectivity index (χ0n) is 21.7. The molecule has 37 heavy (non-hydrogen) atoms. The largest absolute Gasteiger partial charge is 0.462 e. The normalized spacial score (nSPS) is 10.9. The third-order valence-corrected chi connectivity index (χ3v) is 7.62. The van der Waals surface area contributed by atoms with E-state index in [2.05, 4.69) is 29.7 Å². The molecular weight excluding hydrogens is 486 g/mol. The first-order valence-electron chi connectivity index (χ1n) is 12.4. The third kappa shape index (κ3) is 5.02. The average molecular weight is 518 g/mol. The molecule has 2 aromatic heterocycles. The van der Waals surface area contributed by atoms with Crippen molar-refractivity contribution in [3.8, 4) is 0 Å². The number of rotatable bonds is 8. The molecule has 2 N–H and O–H groups in total. The zero-order valence-corrected chi connectivity index (χ0v) is 22.5. The molecule has 0 unspecified atom stereocenters. The molecule has 2 heterocycles. The van der Waals surface area contributed by atoms with Crippen molar-refractivity contribution < 1.29 is 19.1 Å². The number of esters is 1. The van der Waals surface area contributed by atoms with Crippen LogP contribution in [0.3, 0.4) is 0 Å². The van der Waals surface area contributed by atoms with Gasteiger partial charge in [0.25, 0.3) is 11.8 Å². The Labute approximate surface area is 220 Å². The van der Waals surface area contributed by atoms with Crippen LogP contribution in [0.5, 0.6) is 0 Å². The van der Waals surface area contributed by atoms with E-state index in [1.807, 2.05) is 42.7 Å². The Balaban J connectivity index is 1.75. The summed E-state index contributed by atoms with van der Waals surface area (Å²) in [6.45, 7) is 10.2. The van der Waals surface area contributed by atoms with Crippen molar-refractivity contribution in [3.05, 3.63) is 81.4 Å². The Morgan fingerprint density at radius 2 is 1.65 bits per heavy atom. The minimum absolute atomic E-state index is 0.177. The van der Waals surface area contributed by atoms with Crippen LogP contribution in [0.4, 0.5) is 10.7 Å². The fourth-order valence-electron chi connectivity index (χ4n) is 4.55. The van der Waals surface area contributed by atoms with Gasteiger partial charge < -0.3 is 19.9 Å². The third-order valence-electron chi connectivity index (χ3n) is 6.41. The Kier molecular flexibility index (Phi) is 7.78. The number of nitrogens with one attached hydrogen (secondary N) is 2. The number of carbonyl (C=O) groups excluding carboxylic acids is 3. The fourth-order valence-corrected chi connectivity index (χ4v) is 5.63. The summed E-state index contributed by atoms with van der Waals surface area (Å²) < 4.78 is 7.25. The van der Waals surface area contributed by atoms with E-state index in [0.717, 1.165) is 34.2 Å². The Morgan fingerprint density at radius 3 is 2.30 bits per heavy atom. The van der Waals surface area contributed by atoms with Gasteiger partial charge in [-0.3, -0.25) is 9.59 Å². The number of aryl methyl sites for hydroxylation is 3. The molecule has 7 nitrogen and oxygen atoms in total. The fraction of sp³-hybridized carbons (Fsp3) is 0.276. The molecule has 2 amide bonds. The van der Waals surface area contributed by atoms with E-state index in [9.17, 15) is 14.4 Å². The van der Waals surface area contributed by atoms with Gasteiger partial charge in [-0.2, -0.15) is 0 Å². The second kappa shape index (κ2) is 11.0. The van der Waals surface area contributed by atoms with Gasteiger partial charge in [0.2, 0.25) is 0 Å². The number of para-hydroxylation sites is 1. The highest BCUT2D eigenvalue weighted by atomic mass is 32.1. The number of hydrogen-bond acceptors (Lipinski definition) is 5. The van der Waals surface area contributed by atoms with Crippen LogP contribution < -0.4 is 10.6 Å². The molecule has 0 aliphatic rings. The number of fused-ring (bicyclic) bond motifs is 1. The Hall–Kier alpha value is -3.91. The summed E-state index contributed by atoms with van der Waals surface area (Å²) in [4.78, 5) is 40.0. The summed E-state index contributed by atoms with van der Waals surface area (Å²) in [6, 6.07) is 15.3. The number of thiophene rings is 1. The quantitative estimate of drug-likeness (QED) is 0.258. The highest BCUT2D eigenvalue weighted by Gasteiger charge is 2.28. The molecule has 0 fully saturated rings. The van der Waals surface area contributed by atoms with Crippen molar-refractivity contribution in [3.63, 3.8) is 0 Å². The van der Waals surface area contributed by atoms with Gasteiger partial charge in [-0.25, -0.2) is 4.79 Å². The highest BCUT2D eigenvalue weighted by Crippen LogP contribution is 2.36. The van der Waals surface area contributed by atoms with Gasteiger partial charge in [0.1, 0.15) is 10.7 Å². The molecular formula is C29H31N3O4S. The first kappa shape index (κ1) is 26.2. The van der Waals surface area contributed by atoms with Crippen molar-refractivity contribution in [1.29, 1.82) is 0 Å². The number of hydrogen-bond donors (Lipinski definition) is 2. The lowest BCUT2D eigenvalue weighted by Gasteiger charge is -2.10. The van der Waals surface area contributed by atoms with Gasteiger partial charge >= 0.3 is 5.97 Å². The Bertz CT molecular complexity index is 1480.